The Balaban J connectivity index is 2.51. The number of halogens is 1. The molecule has 0 spiro atoms. The van der Waals surface area contributed by atoms with Gasteiger partial charge in [0.25, 0.3) is 0 Å². The van der Waals surface area contributed by atoms with Crippen molar-refractivity contribution in [2.45, 2.75) is 46.2 Å². The molecular weight excluding hydrogens is 271 g/mol. The molecule has 21 heavy (non-hydrogen) atoms. The van der Waals surface area contributed by atoms with Crippen molar-refractivity contribution in [3.63, 3.8) is 0 Å². The van der Waals surface area contributed by atoms with E-state index in [9.17, 15) is 9.18 Å². The molecule has 0 unspecified atom stereocenters. The molecule has 0 aliphatic heterocycles. The highest BCUT2D eigenvalue weighted by molar-refractivity contribution is 5.76. The molecule has 0 aliphatic rings. The summed E-state index contributed by atoms with van der Waals surface area (Å²) in [5, 5.41) is 6.02. The van der Waals surface area contributed by atoms with Crippen LogP contribution in [0.2, 0.25) is 0 Å². The Kier molecular flexibility index (Phi) is 7.75. The lowest BCUT2D eigenvalue weighted by molar-refractivity contribution is -0.122. The van der Waals surface area contributed by atoms with Crippen molar-refractivity contribution in [2.75, 3.05) is 13.2 Å². The summed E-state index contributed by atoms with van der Waals surface area (Å²) in [6.45, 7) is 7.60. The van der Waals surface area contributed by atoms with Gasteiger partial charge in [0.2, 0.25) is 5.91 Å². The first-order valence-corrected chi connectivity index (χ1v) is 7.44. The highest BCUT2D eigenvalue weighted by Gasteiger charge is 2.07. The van der Waals surface area contributed by atoms with Gasteiger partial charge in [-0.05, 0) is 45.0 Å². The lowest BCUT2D eigenvalue weighted by Gasteiger charge is -2.13. The number of amides is 1. The minimum Gasteiger partial charge on any atom is -0.493 e. The first-order chi connectivity index (χ1) is 10.0. The van der Waals surface area contributed by atoms with Crippen LogP contribution in [0.25, 0.3) is 0 Å². The Morgan fingerprint density at radius 2 is 2.14 bits per heavy atom. The van der Waals surface area contributed by atoms with Crippen molar-refractivity contribution in [2.24, 2.45) is 0 Å². The summed E-state index contributed by atoms with van der Waals surface area (Å²) in [6.07, 6.45) is 1.30. The summed E-state index contributed by atoms with van der Waals surface area (Å²) >= 11 is 0. The van der Waals surface area contributed by atoms with Crippen LogP contribution in [0.3, 0.4) is 0 Å². The van der Waals surface area contributed by atoms with E-state index in [1.165, 1.54) is 12.1 Å². The molecule has 0 heterocycles. The molecule has 5 heteroatoms. The van der Waals surface area contributed by atoms with Gasteiger partial charge in [-0.15, -0.1) is 0 Å². The molecule has 0 saturated carbocycles. The van der Waals surface area contributed by atoms with Crippen LogP contribution in [-0.2, 0) is 11.3 Å². The lowest BCUT2D eigenvalue weighted by Crippen LogP contribution is -2.31. The van der Waals surface area contributed by atoms with Crippen molar-refractivity contribution >= 4 is 5.91 Å². The quantitative estimate of drug-likeness (QED) is 0.689. The van der Waals surface area contributed by atoms with Gasteiger partial charge in [-0.1, -0.05) is 6.92 Å². The third kappa shape index (κ3) is 7.09. The summed E-state index contributed by atoms with van der Waals surface area (Å²) in [6, 6.07) is 4.56. The van der Waals surface area contributed by atoms with E-state index in [4.69, 9.17) is 4.74 Å². The maximum atomic E-state index is 13.3. The van der Waals surface area contributed by atoms with Crippen molar-refractivity contribution in [1.29, 1.82) is 0 Å². The Morgan fingerprint density at radius 1 is 1.38 bits per heavy atom. The number of ether oxygens (including phenoxy) is 1. The van der Waals surface area contributed by atoms with E-state index in [2.05, 4.69) is 17.6 Å². The SMILES string of the molecule is CCCNCc1cc(F)ccc1OCCC(=O)NC(C)C. The van der Waals surface area contributed by atoms with Crippen LogP contribution in [0.15, 0.2) is 18.2 Å². The second-order valence-electron chi connectivity index (χ2n) is 5.25. The first kappa shape index (κ1) is 17.4. The second kappa shape index (κ2) is 9.34. The zero-order valence-corrected chi connectivity index (χ0v) is 13.0. The number of rotatable bonds is 9. The standard InChI is InChI=1S/C16H25FN2O2/c1-4-8-18-11-13-10-14(17)5-6-15(13)21-9-7-16(20)19-12(2)3/h5-6,10,12,18H,4,7-9,11H2,1-3H3,(H,19,20). The normalized spacial score (nSPS) is 10.7. The highest BCUT2D eigenvalue weighted by Crippen LogP contribution is 2.19. The first-order valence-electron chi connectivity index (χ1n) is 7.44. The van der Waals surface area contributed by atoms with Crippen LogP contribution in [-0.4, -0.2) is 25.1 Å². The molecule has 1 aromatic carbocycles. The zero-order chi connectivity index (χ0) is 15.7. The average Bonchev–Trinajstić information content (AvgIpc) is 2.40. The minimum atomic E-state index is -0.284. The van der Waals surface area contributed by atoms with Gasteiger partial charge in [0.1, 0.15) is 11.6 Å². The molecule has 1 rings (SSSR count). The molecule has 1 aromatic rings. The Bertz CT molecular complexity index is 450. The van der Waals surface area contributed by atoms with Gasteiger partial charge < -0.3 is 15.4 Å². The van der Waals surface area contributed by atoms with E-state index in [-0.39, 0.29) is 30.8 Å². The fourth-order valence-electron chi connectivity index (χ4n) is 1.87. The average molecular weight is 296 g/mol. The van der Waals surface area contributed by atoms with Crippen LogP contribution in [0.4, 0.5) is 4.39 Å². The molecule has 0 atom stereocenters. The molecule has 0 fully saturated rings. The lowest BCUT2D eigenvalue weighted by atomic mass is 10.2. The maximum Gasteiger partial charge on any atom is 0.223 e. The number of hydrogen-bond donors (Lipinski definition) is 2. The fraction of sp³-hybridized carbons (Fsp3) is 0.562. The van der Waals surface area contributed by atoms with Crippen LogP contribution >= 0.6 is 0 Å². The molecule has 1 amide bonds. The molecule has 118 valence electrons. The molecule has 0 saturated heterocycles. The summed E-state index contributed by atoms with van der Waals surface area (Å²) in [5.74, 6) is 0.295. The predicted octanol–water partition coefficient (Wildman–Crippen LogP) is 2.62. The Morgan fingerprint density at radius 3 is 2.81 bits per heavy atom. The minimum absolute atomic E-state index is 0.0437. The van der Waals surface area contributed by atoms with Gasteiger partial charge in [0, 0.05) is 18.2 Å². The van der Waals surface area contributed by atoms with Gasteiger partial charge in [0.05, 0.1) is 13.0 Å². The Hall–Kier alpha value is -1.62. The number of nitrogens with one attached hydrogen (secondary N) is 2. The van der Waals surface area contributed by atoms with Crippen LogP contribution < -0.4 is 15.4 Å². The Labute approximate surface area is 126 Å². The molecule has 0 aliphatic carbocycles. The molecule has 4 nitrogen and oxygen atoms in total. The number of carbonyl (C=O) groups excluding carboxylic acids is 1. The predicted molar refractivity (Wildman–Crippen MR) is 81.8 cm³/mol. The molecule has 0 radical (unpaired) electrons. The fourth-order valence-corrected chi connectivity index (χ4v) is 1.87. The van der Waals surface area contributed by atoms with Gasteiger partial charge in [0.15, 0.2) is 0 Å². The molecule has 0 bridgehead atoms. The smallest absolute Gasteiger partial charge is 0.223 e. The van der Waals surface area contributed by atoms with Crippen LogP contribution in [0.1, 0.15) is 39.2 Å². The van der Waals surface area contributed by atoms with Crippen molar-refractivity contribution in [3.8, 4) is 5.75 Å². The van der Waals surface area contributed by atoms with E-state index in [0.717, 1.165) is 18.5 Å². The van der Waals surface area contributed by atoms with Gasteiger partial charge >= 0.3 is 0 Å². The number of benzene rings is 1. The molecule has 0 aromatic heterocycles. The van der Waals surface area contributed by atoms with Crippen LogP contribution in [0.5, 0.6) is 5.75 Å². The summed E-state index contributed by atoms with van der Waals surface area (Å²) in [4.78, 5) is 11.5. The summed E-state index contributed by atoms with van der Waals surface area (Å²) in [7, 11) is 0. The van der Waals surface area contributed by atoms with Crippen molar-refractivity contribution in [1.82, 2.24) is 10.6 Å². The third-order valence-electron chi connectivity index (χ3n) is 2.80. The molecular formula is C16H25FN2O2. The van der Waals surface area contributed by atoms with Crippen molar-refractivity contribution < 1.29 is 13.9 Å². The van der Waals surface area contributed by atoms with E-state index in [1.54, 1.807) is 6.07 Å². The van der Waals surface area contributed by atoms with Crippen molar-refractivity contribution in [3.05, 3.63) is 29.6 Å². The van der Waals surface area contributed by atoms with E-state index < -0.39 is 0 Å². The number of hydrogen-bond acceptors (Lipinski definition) is 3. The maximum absolute atomic E-state index is 13.3. The van der Waals surface area contributed by atoms with E-state index >= 15 is 0 Å². The topological polar surface area (TPSA) is 50.4 Å². The van der Waals surface area contributed by atoms with Gasteiger partial charge in [-0.3, -0.25) is 4.79 Å². The third-order valence-corrected chi connectivity index (χ3v) is 2.80. The summed E-state index contributed by atoms with van der Waals surface area (Å²) in [5.41, 5.74) is 0.771. The second-order valence-corrected chi connectivity index (χ2v) is 5.25. The highest BCUT2D eigenvalue weighted by atomic mass is 19.1. The molecule has 2 N–H and O–H groups in total. The van der Waals surface area contributed by atoms with Gasteiger partial charge in [-0.2, -0.15) is 0 Å². The summed E-state index contributed by atoms with van der Waals surface area (Å²) < 4.78 is 18.9. The largest absolute Gasteiger partial charge is 0.493 e. The van der Waals surface area contributed by atoms with Gasteiger partial charge in [-0.25, -0.2) is 4.39 Å². The number of carbonyl (C=O) groups is 1. The van der Waals surface area contributed by atoms with Crippen LogP contribution in [0, 0.1) is 5.82 Å². The monoisotopic (exact) mass is 296 g/mol. The zero-order valence-electron chi connectivity index (χ0n) is 13.0. The van der Waals surface area contributed by atoms with E-state index in [1.807, 2.05) is 13.8 Å². The van der Waals surface area contributed by atoms with E-state index in [0.29, 0.717) is 12.3 Å².